The van der Waals surface area contributed by atoms with E-state index in [1.54, 1.807) is 0 Å². The molecule has 0 spiro atoms. The lowest BCUT2D eigenvalue weighted by molar-refractivity contribution is -0.115. The largest absolute Gasteiger partial charge is 0.478 e. The Morgan fingerprint density at radius 3 is 2.59 bits per heavy atom. The van der Waals surface area contributed by atoms with Crippen LogP contribution in [0.5, 0.6) is 0 Å². The summed E-state index contributed by atoms with van der Waals surface area (Å²) in [6, 6.07) is 3.23. The first kappa shape index (κ1) is 11.4. The highest BCUT2D eigenvalue weighted by atomic mass is 35.5. The maximum Gasteiger partial charge on any atom is 0.335 e. The van der Waals surface area contributed by atoms with E-state index in [1.807, 2.05) is 0 Å². The number of nitrogens with one attached hydrogen (secondary N) is 1. The van der Waals surface area contributed by atoms with Crippen LogP contribution in [0.2, 0.25) is 5.02 Å². The molecular formula is C10H7ClN2O4. The van der Waals surface area contributed by atoms with Gasteiger partial charge in [-0.3, -0.25) is 4.79 Å². The Balaban J connectivity index is 2.43. The van der Waals surface area contributed by atoms with Gasteiger partial charge < -0.3 is 10.4 Å². The zero-order chi connectivity index (χ0) is 12.6. The van der Waals surface area contributed by atoms with Gasteiger partial charge in [-0.1, -0.05) is 11.6 Å². The first-order valence-electron chi connectivity index (χ1n) is 4.64. The Hall–Kier alpha value is -2.08. The van der Waals surface area contributed by atoms with Crippen LogP contribution < -0.4 is 10.2 Å². The summed E-state index contributed by atoms with van der Waals surface area (Å²) in [7, 11) is 0. The van der Waals surface area contributed by atoms with Crippen molar-refractivity contribution in [2.45, 2.75) is 0 Å². The van der Waals surface area contributed by atoms with E-state index < -0.39 is 17.9 Å². The molecule has 6 nitrogen and oxygen atoms in total. The van der Waals surface area contributed by atoms with Gasteiger partial charge in [0.25, 0.3) is 5.91 Å². The number of hydrogen-bond donors (Lipinski definition) is 2. The fourth-order valence-corrected chi connectivity index (χ4v) is 1.75. The molecule has 0 aromatic heterocycles. The van der Waals surface area contributed by atoms with E-state index in [0.29, 0.717) is 0 Å². The number of nitrogens with zero attached hydrogens (tertiary/aromatic N) is 1. The Labute approximate surface area is 101 Å². The lowest BCUT2D eigenvalue weighted by Gasteiger charge is -2.14. The highest BCUT2D eigenvalue weighted by Crippen LogP contribution is 2.28. The molecule has 0 aliphatic carbocycles. The third kappa shape index (κ3) is 1.94. The van der Waals surface area contributed by atoms with E-state index in [1.165, 1.54) is 18.2 Å². The van der Waals surface area contributed by atoms with Crippen molar-refractivity contribution in [1.29, 1.82) is 0 Å². The van der Waals surface area contributed by atoms with Gasteiger partial charge in [0.05, 0.1) is 22.8 Å². The third-order valence-corrected chi connectivity index (χ3v) is 2.58. The molecule has 3 amide bonds. The first-order valence-corrected chi connectivity index (χ1v) is 5.02. The number of urea groups is 1. The lowest BCUT2D eigenvalue weighted by atomic mass is 10.2. The fourth-order valence-electron chi connectivity index (χ4n) is 1.49. The van der Waals surface area contributed by atoms with Gasteiger partial charge in [-0.25, -0.2) is 14.5 Å². The third-order valence-electron chi connectivity index (χ3n) is 2.28. The van der Waals surface area contributed by atoms with Crippen molar-refractivity contribution in [3.8, 4) is 0 Å². The molecule has 1 aromatic carbocycles. The minimum atomic E-state index is -1.13. The van der Waals surface area contributed by atoms with Crippen molar-refractivity contribution in [3.05, 3.63) is 28.8 Å². The van der Waals surface area contributed by atoms with Crippen LogP contribution in [0.1, 0.15) is 10.4 Å². The average molecular weight is 255 g/mol. The Kier molecular flexibility index (Phi) is 2.72. The van der Waals surface area contributed by atoms with Crippen LogP contribution >= 0.6 is 11.6 Å². The number of carboxylic acids is 1. The lowest BCUT2D eigenvalue weighted by Crippen LogP contribution is -2.30. The Bertz CT molecular complexity index is 513. The number of rotatable bonds is 2. The Morgan fingerprint density at radius 1 is 1.41 bits per heavy atom. The van der Waals surface area contributed by atoms with Gasteiger partial charge in [0.1, 0.15) is 0 Å². The summed E-state index contributed by atoms with van der Waals surface area (Å²) in [5.41, 5.74) is 0.169. The number of carboxylic acid groups (broad SMARTS) is 1. The first-order chi connectivity index (χ1) is 8.00. The molecule has 2 N–H and O–H groups in total. The van der Waals surface area contributed by atoms with Crippen LogP contribution in [0, 0.1) is 0 Å². The van der Waals surface area contributed by atoms with Gasteiger partial charge in [-0.05, 0) is 18.2 Å². The number of carbonyl (C=O) groups is 3. The smallest absolute Gasteiger partial charge is 0.335 e. The van der Waals surface area contributed by atoms with E-state index in [9.17, 15) is 14.4 Å². The van der Waals surface area contributed by atoms with Crippen molar-refractivity contribution in [1.82, 2.24) is 5.32 Å². The van der Waals surface area contributed by atoms with Crippen molar-refractivity contribution in [2.24, 2.45) is 0 Å². The predicted molar refractivity (Wildman–Crippen MR) is 59.3 cm³/mol. The molecule has 1 aromatic rings. The second kappa shape index (κ2) is 4.06. The molecule has 1 fully saturated rings. The number of benzene rings is 1. The summed E-state index contributed by atoms with van der Waals surface area (Å²) in [6.45, 7) is -0.0875. The maximum atomic E-state index is 11.4. The van der Waals surface area contributed by atoms with Crippen molar-refractivity contribution in [2.75, 3.05) is 11.4 Å². The molecule has 0 radical (unpaired) electrons. The normalized spacial score (nSPS) is 15.0. The van der Waals surface area contributed by atoms with Gasteiger partial charge in [0.15, 0.2) is 0 Å². The maximum absolute atomic E-state index is 11.4. The fraction of sp³-hybridized carbons (Fsp3) is 0.100. The minimum absolute atomic E-state index is 0.00851. The summed E-state index contributed by atoms with van der Waals surface area (Å²) in [4.78, 5) is 34.4. The molecule has 1 aliphatic rings. The number of amides is 3. The summed E-state index contributed by atoms with van der Waals surface area (Å²) in [5, 5.41) is 11.1. The summed E-state index contributed by atoms with van der Waals surface area (Å²) < 4.78 is 0. The monoisotopic (exact) mass is 254 g/mol. The predicted octanol–water partition coefficient (Wildman–Crippen LogP) is 1.09. The molecule has 0 unspecified atom stereocenters. The zero-order valence-corrected chi connectivity index (χ0v) is 9.19. The van der Waals surface area contributed by atoms with Gasteiger partial charge in [0.2, 0.25) is 0 Å². The van der Waals surface area contributed by atoms with Crippen molar-refractivity contribution < 1.29 is 19.5 Å². The average Bonchev–Trinajstić information content (AvgIpc) is 2.59. The topological polar surface area (TPSA) is 86.7 Å². The number of anilines is 1. The molecule has 2 rings (SSSR count). The second-order valence-electron chi connectivity index (χ2n) is 3.36. The van der Waals surface area contributed by atoms with Gasteiger partial charge >= 0.3 is 12.0 Å². The molecule has 88 valence electrons. The van der Waals surface area contributed by atoms with Gasteiger partial charge in [-0.2, -0.15) is 0 Å². The molecule has 1 heterocycles. The summed E-state index contributed by atoms with van der Waals surface area (Å²) in [6.07, 6.45) is 0. The van der Waals surface area contributed by atoms with E-state index in [0.717, 1.165) is 4.90 Å². The number of imide groups is 1. The van der Waals surface area contributed by atoms with Crippen molar-refractivity contribution >= 4 is 35.2 Å². The van der Waals surface area contributed by atoms with E-state index >= 15 is 0 Å². The number of hydrogen-bond acceptors (Lipinski definition) is 3. The van der Waals surface area contributed by atoms with Crippen LogP contribution in [-0.4, -0.2) is 29.6 Å². The Morgan fingerprint density at radius 2 is 2.12 bits per heavy atom. The minimum Gasteiger partial charge on any atom is -0.478 e. The van der Waals surface area contributed by atoms with Crippen LogP contribution in [0.25, 0.3) is 0 Å². The molecule has 0 bridgehead atoms. The number of carbonyl (C=O) groups excluding carboxylic acids is 2. The standard InChI is InChI=1S/C10H7ClN2O4/c11-6-3-5(9(15)16)1-2-7(6)13-8(14)4-12-10(13)17/h1-3H,4H2,(H,12,17)(H,15,16). The van der Waals surface area contributed by atoms with E-state index in [2.05, 4.69) is 5.32 Å². The van der Waals surface area contributed by atoms with E-state index in [4.69, 9.17) is 16.7 Å². The number of aromatic carboxylic acids is 1. The molecule has 17 heavy (non-hydrogen) atoms. The van der Waals surface area contributed by atoms with E-state index in [-0.39, 0.29) is 22.8 Å². The van der Waals surface area contributed by atoms with Gasteiger partial charge in [-0.15, -0.1) is 0 Å². The van der Waals surface area contributed by atoms with Crippen LogP contribution in [0.4, 0.5) is 10.5 Å². The zero-order valence-electron chi connectivity index (χ0n) is 8.44. The summed E-state index contributed by atoms with van der Waals surface area (Å²) in [5.74, 6) is -1.56. The molecule has 0 saturated carbocycles. The SMILES string of the molecule is O=C(O)c1ccc(N2C(=O)CNC2=O)c(Cl)c1. The molecular weight excluding hydrogens is 248 g/mol. The second-order valence-corrected chi connectivity index (χ2v) is 3.77. The molecule has 7 heteroatoms. The van der Waals surface area contributed by atoms with Crippen LogP contribution in [0.15, 0.2) is 18.2 Å². The van der Waals surface area contributed by atoms with Gasteiger partial charge in [0, 0.05) is 0 Å². The highest BCUT2D eigenvalue weighted by molar-refractivity contribution is 6.36. The van der Waals surface area contributed by atoms with Crippen LogP contribution in [-0.2, 0) is 4.79 Å². The van der Waals surface area contributed by atoms with Crippen LogP contribution in [0.3, 0.4) is 0 Å². The summed E-state index contributed by atoms with van der Waals surface area (Å²) >= 11 is 5.85. The molecule has 0 atom stereocenters. The molecule has 1 saturated heterocycles. The highest BCUT2D eigenvalue weighted by Gasteiger charge is 2.31. The quantitative estimate of drug-likeness (QED) is 0.774. The molecule has 1 aliphatic heterocycles. The van der Waals surface area contributed by atoms with Crippen molar-refractivity contribution in [3.63, 3.8) is 0 Å². The number of halogens is 1.